The van der Waals surface area contributed by atoms with E-state index in [1.807, 2.05) is 25.3 Å². The Kier molecular flexibility index (Phi) is 5.31. The normalized spacial score (nSPS) is 20.3. The van der Waals surface area contributed by atoms with Gasteiger partial charge >= 0.3 is 5.97 Å². The number of aryl methyl sites for hydroxylation is 2. The maximum Gasteiger partial charge on any atom is 0.310 e. The van der Waals surface area contributed by atoms with E-state index in [2.05, 4.69) is 9.88 Å². The predicted octanol–water partition coefficient (Wildman–Crippen LogP) is 2.41. The largest absolute Gasteiger partial charge is 0.481 e. The smallest absolute Gasteiger partial charge is 0.310 e. The van der Waals surface area contributed by atoms with Gasteiger partial charge in [0.05, 0.1) is 10.8 Å². The molecule has 7 nitrogen and oxygen atoms in total. The highest BCUT2D eigenvalue weighted by molar-refractivity contribution is 7.89. The first-order valence-electron chi connectivity index (χ1n) is 9.89. The minimum absolute atomic E-state index is 0.186. The van der Waals surface area contributed by atoms with E-state index in [-0.39, 0.29) is 4.90 Å². The second-order valence-corrected chi connectivity index (χ2v) is 9.67. The quantitative estimate of drug-likeness (QED) is 0.825. The molecule has 0 saturated carbocycles. The summed E-state index contributed by atoms with van der Waals surface area (Å²) in [5.41, 5.74) is 2.66. The highest BCUT2D eigenvalue weighted by Gasteiger charge is 2.32. The first kappa shape index (κ1) is 19.8. The van der Waals surface area contributed by atoms with Gasteiger partial charge in [0.2, 0.25) is 10.0 Å². The van der Waals surface area contributed by atoms with Crippen LogP contribution in [0.3, 0.4) is 0 Å². The molecule has 2 heterocycles. The molecule has 1 fully saturated rings. The number of aromatic nitrogens is 1. The molecule has 1 saturated heterocycles. The van der Waals surface area contributed by atoms with E-state index < -0.39 is 21.9 Å². The minimum Gasteiger partial charge on any atom is -0.481 e. The third kappa shape index (κ3) is 3.86. The molecule has 0 amide bonds. The molecular weight excluding hydrogens is 390 g/mol. The van der Waals surface area contributed by atoms with Crippen molar-refractivity contribution in [2.24, 2.45) is 0 Å². The summed E-state index contributed by atoms with van der Waals surface area (Å²) in [6, 6.07) is 8.92. The Hall–Kier alpha value is -2.45. The fourth-order valence-corrected chi connectivity index (χ4v) is 5.66. The van der Waals surface area contributed by atoms with E-state index in [1.54, 1.807) is 18.2 Å². The standard InChI is InChI=1S/C21H25N3O4S/c1-15-3-8-20(22-14-15)23-9-2-10-24(12-11-23)29(27,28)17-6-4-16-5-7-18(21(25)26)19(16)13-17/h3-4,6,8,13-14,18H,2,5,7,9-12H2,1H3,(H,25,26). The van der Waals surface area contributed by atoms with Crippen molar-refractivity contribution in [3.05, 3.63) is 53.2 Å². The summed E-state index contributed by atoms with van der Waals surface area (Å²) < 4.78 is 28.0. The second kappa shape index (κ2) is 7.76. The van der Waals surface area contributed by atoms with Crippen LogP contribution < -0.4 is 4.90 Å². The van der Waals surface area contributed by atoms with E-state index >= 15 is 0 Å². The number of sulfonamides is 1. The summed E-state index contributed by atoms with van der Waals surface area (Å²) in [7, 11) is -3.68. The van der Waals surface area contributed by atoms with Crippen LogP contribution in [-0.2, 0) is 21.2 Å². The lowest BCUT2D eigenvalue weighted by atomic mass is 10.0. The number of aliphatic carboxylic acids is 1. The van der Waals surface area contributed by atoms with Gasteiger partial charge in [0.15, 0.2) is 0 Å². The molecule has 1 aromatic carbocycles. The van der Waals surface area contributed by atoms with E-state index in [4.69, 9.17) is 0 Å². The average molecular weight is 416 g/mol. The minimum atomic E-state index is -3.68. The number of hydrogen-bond donors (Lipinski definition) is 1. The molecule has 2 aromatic rings. The monoisotopic (exact) mass is 415 g/mol. The van der Waals surface area contributed by atoms with Gasteiger partial charge in [-0.1, -0.05) is 12.1 Å². The van der Waals surface area contributed by atoms with Crippen LogP contribution >= 0.6 is 0 Å². The summed E-state index contributed by atoms with van der Waals surface area (Å²) in [5.74, 6) is -0.654. The van der Waals surface area contributed by atoms with E-state index in [9.17, 15) is 18.3 Å². The maximum atomic E-state index is 13.2. The molecule has 0 radical (unpaired) electrons. The summed E-state index contributed by atoms with van der Waals surface area (Å²) in [6.45, 7) is 4.10. The summed E-state index contributed by atoms with van der Waals surface area (Å²) in [4.78, 5) is 18.2. The molecule has 0 bridgehead atoms. The molecule has 154 valence electrons. The van der Waals surface area contributed by atoms with E-state index in [0.29, 0.717) is 44.5 Å². The van der Waals surface area contributed by atoms with Crippen LogP contribution in [0.4, 0.5) is 5.82 Å². The van der Waals surface area contributed by atoms with Crippen LogP contribution in [0.15, 0.2) is 41.4 Å². The van der Waals surface area contributed by atoms with Crippen LogP contribution in [0.5, 0.6) is 0 Å². The zero-order valence-electron chi connectivity index (χ0n) is 16.4. The molecule has 1 aliphatic heterocycles. The van der Waals surface area contributed by atoms with Crippen molar-refractivity contribution in [1.29, 1.82) is 0 Å². The average Bonchev–Trinajstić information content (AvgIpc) is 2.96. The molecule has 1 aliphatic carbocycles. The van der Waals surface area contributed by atoms with Gasteiger partial charge in [-0.3, -0.25) is 4.79 Å². The number of carboxylic acids is 1. The zero-order valence-corrected chi connectivity index (χ0v) is 17.2. The molecule has 2 aliphatic rings. The van der Waals surface area contributed by atoms with Crippen molar-refractivity contribution >= 4 is 21.8 Å². The number of nitrogens with zero attached hydrogens (tertiary/aromatic N) is 3. The van der Waals surface area contributed by atoms with Gasteiger partial charge in [-0.2, -0.15) is 4.31 Å². The Labute approximate surface area is 171 Å². The summed E-state index contributed by atoms with van der Waals surface area (Å²) >= 11 is 0. The van der Waals surface area contributed by atoms with Crippen molar-refractivity contribution in [2.75, 3.05) is 31.1 Å². The van der Waals surface area contributed by atoms with Crippen LogP contribution in [0.25, 0.3) is 0 Å². The highest BCUT2D eigenvalue weighted by atomic mass is 32.2. The van der Waals surface area contributed by atoms with Crippen molar-refractivity contribution in [1.82, 2.24) is 9.29 Å². The van der Waals surface area contributed by atoms with Gasteiger partial charge in [-0.15, -0.1) is 0 Å². The van der Waals surface area contributed by atoms with Crippen molar-refractivity contribution < 1.29 is 18.3 Å². The molecule has 1 unspecified atom stereocenters. The highest BCUT2D eigenvalue weighted by Crippen LogP contribution is 2.35. The number of rotatable bonds is 4. The van der Waals surface area contributed by atoms with Crippen LogP contribution in [0.2, 0.25) is 0 Å². The molecule has 4 rings (SSSR count). The number of anilines is 1. The number of fused-ring (bicyclic) bond motifs is 1. The number of carboxylic acid groups (broad SMARTS) is 1. The maximum absolute atomic E-state index is 13.2. The first-order valence-corrected chi connectivity index (χ1v) is 11.3. The van der Waals surface area contributed by atoms with Gasteiger partial charge in [0.25, 0.3) is 0 Å². The Balaban J connectivity index is 1.54. The molecule has 0 spiro atoms. The molecule has 1 atom stereocenters. The Bertz CT molecular complexity index is 1020. The molecule has 1 aromatic heterocycles. The number of carbonyl (C=O) groups is 1. The summed E-state index contributed by atoms with van der Waals surface area (Å²) in [6.07, 6.45) is 3.72. The summed E-state index contributed by atoms with van der Waals surface area (Å²) in [5, 5.41) is 9.42. The van der Waals surface area contributed by atoms with Gasteiger partial charge in [0.1, 0.15) is 5.82 Å². The van der Waals surface area contributed by atoms with E-state index in [1.165, 1.54) is 4.31 Å². The van der Waals surface area contributed by atoms with Crippen LogP contribution in [0, 0.1) is 6.92 Å². The Morgan fingerprint density at radius 2 is 1.97 bits per heavy atom. The van der Waals surface area contributed by atoms with Crippen molar-refractivity contribution in [3.8, 4) is 0 Å². The van der Waals surface area contributed by atoms with Gasteiger partial charge in [0, 0.05) is 32.4 Å². The SMILES string of the molecule is Cc1ccc(N2CCCN(S(=O)(=O)c3ccc4c(c3)C(C(=O)O)CC4)CC2)nc1. The predicted molar refractivity (Wildman–Crippen MR) is 110 cm³/mol. The number of hydrogen-bond acceptors (Lipinski definition) is 5. The Morgan fingerprint density at radius 1 is 1.14 bits per heavy atom. The lowest BCUT2D eigenvalue weighted by molar-refractivity contribution is -0.138. The molecular formula is C21H25N3O4S. The van der Waals surface area contributed by atoms with Crippen LogP contribution in [-0.4, -0.2) is 55.0 Å². The van der Waals surface area contributed by atoms with Gasteiger partial charge in [-0.25, -0.2) is 13.4 Å². The van der Waals surface area contributed by atoms with Crippen LogP contribution in [0.1, 0.15) is 35.4 Å². The van der Waals surface area contributed by atoms with E-state index in [0.717, 1.165) is 23.5 Å². The lowest BCUT2D eigenvalue weighted by Gasteiger charge is -2.23. The van der Waals surface area contributed by atoms with Gasteiger partial charge < -0.3 is 10.0 Å². The topological polar surface area (TPSA) is 90.8 Å². The van der Waals surface area contributed by atoms with Gasteiger partial charge in [-0.05, 0) is 61.1 Å². The van der Waals surface area contributed by atoms with Crippen molar-refractivity contribution in [3.63, 3.8) is 0 Å². The molecule has 29 heavy (non-hydrogen) atoms. The first-order chi connectivity index (χ1) is 13.9. The Morgan fingerprint density at radius 3 is 2.69 bits per heavy atom. The molecule has 8 heteroatoms. The van der Waals surface area contributed by atoms with Crippen molar-refractivity contribution in [2.45, 2.75) is 37.0 Å². The third-order valence-electron chi connectivity index (χ3n) is 5.81. The fraction of sp³-hybridized carbons (Fsp3) is 0.429. The number of pyridine rings is 1. The zero-order chi connectivity index (χ0) is 20.6. The fourth-order valence-electron chi connectivity index (χ4n) is 4.16. The lowest BCUT2D eigenvalue weighted by Crippen LogP contribution is -2.35. The number of benzene rings is 1. The second-order valence-electron chi connectivity index (χ2n) is 7.73. The third-order valence-corrected chi connectivity index (χ3v) is 7.70. The molecule has 1 N–H and O–H groups in total.